The maximum atomic E-state index is 11.5. The van der Waals surface area contributed by atoms with Gasteiger partial charge in [-0.2, -0.15) is 10.4 Å². The van der Waals surface area contributed by atoms with Crippen LogP contribution in [0, 0.1) is 18.3 Å². The topological polar surface area (TPSA) is 149 Å². The summed E-state index contributed by atoms with van der Waals surface area (Å²) in [6, 6.07) is 3.56. The highest BCUT2D eigenvalue weighted by Gasteiger charge is 2.30. The molecule has 32 heavy (non-hydrogen) atoms. The molecule has 1 aromatic carbocycles. The molecule has 2 unspecified atom stereocenters. The second-order valence-electron chi connectivity index (χ2n) is 7.97. The van der Waals surface area contributed by atoms with Gasteiger partial charge in [-0.1, -0.05) is 11.6 Å². The summed E-state index contributed by atoms with van der Waals surface area (Å²) in [5, 5.41) is 15.4. The van der Waals surface area contributed by atoms with E-state index in [1.165, 1.54) is 6.33 Å². The number of hydrogen-bond acceptors (Lipinski definition) is 8. The van der Waals surface area contributed by atoms with Gasteiger partial charge in [0.05, 0.1) is 34.3 Å². The Morgan fingerprint density at radius 2 is 2.22 bits per heavy atom. The molecule has 1 amide bonds. The van der Waals surface area contributed by atoms with Crippen LogP contribution in [0.15, 0.2) is 12.4 Å². The molecule has 2 atom stereocenters. The summed E-state index contributed by atoms with van der Waals surface area (Å²) in [6.45, 7) is 6.52. The quantitative estimate of drug-likeness (QED) is 0.607. The minimum absolute atomic E-state index is 0.0502. The van der Waals surface area contributed by atoms with E-state index < -0.39 is 5.91 Å². The molecule has 0 bridgehead atoms. The van der Waals surface area contributed by atoms with Gasteiger partial charge in [0.1, 0.15) is 30.1 Å². The number of aryl methyl sites for hydroxylation is 1. The van der Waals surface area contributed by atoms with Crippen molar-refractivity contribution in [3.63, 3.8) is 0 Å². The van der Waals surface area contributed by atoms with Crippen molar-refractivity contribution in [2.45, 2.75) is 39.5 Å². The number of carbonyl (C=O) groups excluding carboxylic acids is 1. The van der Waals surface area contributed by atoms with Crippen LogP contribution in [0.1, 0.15) is 42.3 Å². The minimum atomic E-state index is -0.453. The first kappa shape index (κ1) is 21.8. The zero-order chi connectivity index (χ0) is 23.2. The lowest BCUT2D eigenvalue weighted by Crippen LogP contribution is -2.37. The molecule has 0 spiro atoms. The molecule has 0 fully saturated rings. The normalized spacial score (nSPS) is 17.3. The number of ether oxygens (including phenoxy) is 1. The number of nitrogens with two attached hydrogens (primary N) is 2. The maximum absolute atomic E-state index is 11.5. The Labute approximate surface area is 189 Å². The highest BCUT2D eigenvalue weighted by atomic mass is 35.5. The second-order valence-corrected chi connectivity index (χ2v) is 8.38. The molecule has 0 saturated heterocycles. The molecule has 1 aliphatic rings. The van der Waals surface area contributed by atoms with Gasteiger partial charge in [0.15, 0.2) is 5.65 Å². The number of anilines is 1. The number of benzene rings is 1. The number of nitrogens with zero attached hydrogens (tertiary/aromatic N) is 6. The summed E-state index contributed by atoms with van der Waals surface area (Å²) < 4.78 is 8.03. The predicted molar refractivity (Wildman–Crippen MR) is 119 cm³/mol. The van der Waals surface area contributed by atoms with E-state index >= 15 is 0 Å². The SMILES string of the molecule is Cc1nn(C(C)c2cc(Cl)c(C#N)c3c2OC(C)CN(CC(N)=O)C3)c2ncnc(N)c12. The average molecular weight is 455 g/mol. The monoisotopic (exact) mass is 454 g/mol. The summed E-state index contributed by atoms with van der Waals surface area (Å²) in [4.78, 5) is 21.8. The third kappa shape index (κ3) is 3.70. The summed E-state index contributed by atoms with van der Waals surface area (Å²) in [5.74, 6) is 0.460. The number of primary amides is 1. The average Bonchev–Trinajstić information content (AvgIpc) is 2.97. The molecule has 1 aliphatic heterocycles. The van der Waals surface area contributed by atoms with Crippen molar-refractivity contribution < 1.29 is 9.53 Å². The molecule has 0 aliphatic carbocycles. The number of rotatable bonds is 4. The van der Waals surface area contributed by atoms with Gasteiger partial charge in [-0.05, 0) is 26.8 Å². The number of amides is 1. The molecular weight excluding hydrogens is 432 g/mol. The molecule has 0 radical (unpaired) electrons. The molecule has 10 nitrogen and oxygen atoms in total. The fraction of sp³-hybridized carbons (Fsp3) is 0.381. The van der Waals surface area contributed by atoms with Crippen LogP contribution in [0.5, 0.6) is 5.75 Å². The lowest BCUT2D eigenvalue weighted by Gasteiger charge is -2.22. The number of carbonyl (C=O) groups is 1. The van der Waals surface area contributed by atoms with E-state index in [4.69, 9.17) is 27.8 Å². The van der Waals surface area contributed by atoms with Crippen molar-refractivity contribution in [1.29, 1.82) is 5.26 Å². The third-order valence-electron chi connectivity index (χ3n) is 5.58. The summed E-state index contributed by atoms with van der Waals surface area (Å²) in [7, 11) is 0. The minimum Gasteiger partial charge on any atom is -0.489 e. The summed E-state index contributed by atoms with van der Waals surface area (Å²) in [5.41, 5.74) is 14.4. The van der Waals surface area contributed by atoms with Gasteiger partial charge in [0.2, 0.25) is 5.91 Å². The van der Waals surface area contributed by atoms with Gasteiger partial charge in [0, 0.05) is 24.2 Å². The van der Waals surface area contributed by atoms with Gasteiger partial charge in [-0.25, -0.2) is 14.6 Å². The Morgan fingerprint density at radius 3 is 2.91 bits per heavy atom. The molecule has 0 saturated carbocycles. The van der Waals surface area contributed by atoms with Crippen molar-refractivity contribution in [3.8, 4) is 11.8 Å². The lowest BCUT2D eigenvalue weighted by atomic mass is 9.98. The van der Waals surface area contributed by atoms with Crippen LogP contribution in [-0.4, -0.2) is 49.7 Å². The number of hydrogen-bond donors (Lipinski definition) is 2. The number of aromatic nitrogens is 4. The van der Waals surface area contributed by atoms with Gasteiger partial charge in [-0.3, -0.25) is 9.69 Å². The Morgan fingerprint density at radius 1 is 1.47 bits per heavy atom. The zero-order valence-corrected chi connectivity index (χ0v) is 18.7. The highest BCUT2D eigenvalue weighted by Crippen LogP contribution is 2.40. The second kappa shape index (κ2) is 8.26. The maximum Gasteiger partial charge on any atom is 0.231 e. The Bertz CT molecular complexity index is 1270. The van der Waals surface area contributed by atoms with Crippen LogP contribution in [0.2, 0.25) is 5.02 Å². The molecule has 4 N–H and O–H groups in total. The summed E-state index contributed by atoms with van der Waals surface area (Å²) in [6.07, 6.45) is 1.15. The molecule has 2 aromatic heterocycles. The largest absolute Gasteiger partial charge is 0.489 e. The Balaban J connectivity index is 1.90. The zero-order valence-electron chi connectivity index (χ0n) is 18.0. The highest BCUT2D eigenvalue weighted by molar-refractivity contribution is 6.32. The number of nitriles is 1. The fourth-order valence-corrected chi connectivity index (χ4v) is 4.50. The molecule has 11 heteroatoms. The van der Waals surface area contributed by atoms with Crippen LogP contribution in [0.4, 0.5) is 5.82 Å². The lowest BCUT2D eigenvalue weighted by molar-refractivity contribution is -0.119. The molecular formula is C21H23ClN8O2. The van der Waals surface area contributed by atoms with E-state index in [2.05, 4.69) is 21.1 Å². The van der Waals surface area contributed by atoms with E-state index in [9.17, 15) is 10.1 Å². The van der Waals surface area contributed by atoms with Gasteiger partial charge >= 0.3 is 0 Å². The first-order valence-electron chi connectivity index (χ1n) is 10.1. The van der Waals surface area contributed by atoms with Crippen LogP contribution in [-0.2, 0) is 11.3 Å². The standard InChI is InChI=1S/C21H23ClN8O2/c1-10-6-29(8-17(24)31)7-15-14(5-23)16(22)4-13(19(15)32-10)12(3)30-21-18(11(2)28-30)20(25)26-9-27-21/h4,9-10,12H,6-8H2,1-3H3,(H2,24,31)(H2,25,26,27). The van der Waals surface area contributed by atoms with Crippen molar-refractivity contribution >= 4 is 34.4 Å². The number of fused-ring (bicyclic) bond motifs is 2. The van der Waals surface area contributed by atoms with Crippen LogP contribution in [0.25, 0.3) is 11.0 Å². The number of halogens is 1. The van der Waals surface area contributed by atoms with E-state index in [1.807, 2.05) is 25.7 Å². The van der Waals surface area contributed by atoms with E-state index in [0.29, 0.717) is 57.5 Å². The van der Waals surface area contributed by atoms with Crippen molar-refractivity contribution in [2.24, 2.45) is 5.73 Å². The van der Waals surface area contributed by atoms with Gasteiger partial charge < -0.3 is 16.2 Å². The molecule has 4 rings (SSSR count). The molecule has 3 aromatic rings. The van der Waals surface area contributed by atoms with E-state index in [1.54, 1.807) is 10.7 Å². The Kier molecular flexibility index (Phi) is 5.62. The van der Waals surface area contributed by atoms with Crippen molar-refractivity contribution in [3.05, 3.63) is 39.8 Å². The van der Waals surface area contributed by atoms with Gasteiger partial charge in [0.25, 0.3) is 0 Å². The van der Waals surface area contributed by atoms with Crippen LogP contribution >= 0.6 is 11.6 Å². The van der Waals surface area contributed by atoms with Crippen LogP contribution in [0.3, 0.4) is 0 Å². The van der Waals surface area contributed by atoms with Crippen LogP contribution < -0.4 is 16.2 Å². The van der Waals surface area contributed by atoms with Crippen molar-refractivity contribution in [2.75, 3.05) is 18.8 Å². The fourth-order valence-electron chi connectivity index (χ4n) is 4.23. The smallest absolute Gasteiger partial charge is 0.231 e. The van der Waals surface area contributed by atoms with Gasteiger partial charge in [-0.15, -0.1) is 0 Å². The Hall–Kier alpha value is -3.42. The van der Waals surface area contributed by atoms with E-state index in [-0.39, 0.29) is 18.7 Å². The van der Waals surface area contributed by atoms with Crippen molar-refractivity contribution in [1.82, 2.24) is 24.6 Å². The molecule has 166 valence electrons. The first-order chi connectivity index (χ1) is 15.2. The molecule has 3 heterocycles. The van der Waals surface area contributed by atoms with E-state index in [0.717, 1.165) is 5.56 Å². The third-order valence-corrected chi connectivity index (χ3v) is 5.87. The summed E-state index contributed by atoms with van der Waals surface area (Å²) >= 11 is 6.53. The number of nitrogen functional groups attached to an aromatic ring is 1. The predicted octanol–water partition coefficient (Wildman–Crippen LogP) is 1.92. The first-order valence-corrected chi connectivity index (χ1v) is 10.5.